The van der Waals surface area contributed by atoms with Crippen LogP contribution in [0.5, 0.6) is 0 Å². The molecule has 1 aromatic rings. The highest BCUT2D eigenvalue weighted by molar-refractivity contribution is 5.62. The normalized spacial score (nSPS) is 8.94. The third-order valence-corrected chi connectivity index (χ3v) is 1.95. The van der Waals surface area contributed by atoms with E-state index in [0.29, 0.717) is 0 Å². The third kappa shape index (κ3) is 6.39. The molecule has 0 N–H and O–H groups in total. The number of rotatable bonds is 2. The number of nitrogens with zero attached hydrogens (tertiary/aromatic N) is 1. The minimum Gasteiger partial charge on any atom is -0.261 e. The first-order valence-corrected chi connectivity index (χ1v) is 6.36. The standard InChI is InChI=1S/C11H15N.2C2H6/c1-4-10-7-6-9(3)11(8-10)12-5-2;2*1-2/h5-8H,4H2,1-3H3;2*1-2H3. The maximum Gasteiger partial charge on any atom is 0.0657 e. The smallest absolute Gasteiger partial charge is 0.0657 e. The topological polar surface area (TPSA) is 12.4 Å². The highest BCUT2D eigenvalue weighted by Crippen LogP contribution is 2.19. The van der Waals surface area contributed by atoms with Gasteiger partial charge in [-0.1, -0.05) is 46.8 Å². The molecule has 92 valence electrons. The molecule has 0 aliphatic carbocycles. The first kappa shape index (κ1) is 17.3. The lowest BCUT2D eigenvalue weighted by atomic mass is 10.1. The fourth-order valence-electron chi connectivity index (χ4n) is 1.15. The van der Waals surface area contributed by atoms with Crippen LogP contribution in [0.3, 0.4) is 0 Å². The molecule has 16 heavy (non-hydrogen) atoms. The van der Waals surface area contributed by atoms with Crippen LogP contribution in [0.25, 0.3) is 0 Å². The van der Waals surface area contributed by atoms with Crippen LogP contribution in [-0.4, -0.2) is 6.21 Å². The van der Waals surface area contributed by atoms with Crippen LogP contribution < -0.4 is 0 Å². The molecule has 0 unspecified atom stereocenters. The lowest BCUT2D eigenvalue weighted by Gasteiger charge is -2.01. The highest BCUT2D eigenvalue weighted by atomic mass is 14.7. The van der Waals surface area contributed by atoms with E-state index in [1.807, 2.05) is 40.8 Å². The van der Waals surface area contributed by atoms with E-state index in [-0.39, 0.29) is 0 Å². The molecule has 1 aromatic carbocycles. The molecule has 0 amide bonds. The summed E-state index contributed by atoms with van der Waals surface area (Å²) in [5.74, 6) is 0. The first-order valence-electron chi connectivity index (χ1n) is 6.36. The summed E-state index contributed by atoms with van der Waals surface area (Å²) in [6.07, 6.45) is 2.91. The zero-order valence-electron chi connectivity index (χ0n) is 12.0. The van der Waals surface area contributed by atoms with Crippen molar-refractivity contribution in [1.82, 2.24) is 0 Å². The molecule has 0 saturated heterocycles. The maximum absolute atomic E-state index is 4.29. The Hall–Kier alpha value is -1.11. The van der Waals surface area contributed by atoms with Crippen molar-refractivity contribution in [2.24, 2.45) is 4.99 Å². The maximum atomic E-state index is 4.29. The average molecular weight is 221 g/mol. The monoisotopic (exact) mass is 221 g/mol. The van der Waals surface area contributed by atoms with Crippen molar-refractivity contribution in [3.05, 3.63) is 29.3 Å². The Kier molecular flexibility index (Phi) is 12.9. The largest absolute Gasteiger partial charge is 0.261 e. The molecule has 0 heterocycles. The summed E-state index contributed by atoms with van der Waals surface area (Å²) in [7, 11) is 0. The molecule has 0 aliphatic rings. The van der Waals surface area contributed by atoms with Crippen molar-refractivity contribution >= 4 is 11.9 Å². The Morgan fingerprint density at radius 3 is 2.12 bits per heavy atom. The van der Waals surface area contributed by atoms with Crippen LogP contribution in [0.4, 0.5) is 5.69 Å². The van der Waals surface area contributed by atoms with Gasteiger partial charge in [-0.2, -0.15) is 0 Å². The molecule has 1 heteroatoms. The van der Waals surface area contributed by atoms with Crippen LogP contribution in [-0.2, 0) is 6.42 Å². The molecule has 0 atom stereocenters. The number of aliphatic imine (C=N–C) groups is 1. The van der Waals surface area contributed by atoms with Crippen LogP contribution >= 0.6 is 0 Å². The Morgan fingerprint density at radius 2 is 1.69 bits per heavy atom. The highest BCUT2D eigenvalue weighted by Gasteiger charge is 1.95. The number of benzene rings is 1. The van der Waals surface area contributed by atoms with E-state index < -0.39 is 0 Å². The Morgan fingerprint density at radius 1 is 1.12 bits per heavy atom. The van der Waals surface area contributed by atoms with Gasteiger partial charge in [0, 0.05) is 6.21 Å². The Labute approximate surface area is 102 Å². The van der Waals surface area contributed by atoms with E-state index in [0.717, 1.165) is 12.1 Å². The van der Waals surface area contributed by atoms with E-state index in [1.54, 1.807) is 0 Å². The molecule has 0 radical (unpaired) electrons. The van der Waals surface area contributed by atoms with Crippen LogP contribution in [0.2, 0.25) is 0 Å². The molecular formula is C15H27N. The van der Waals surface area contributed by atoms with Gasteiger partial charge in [-0.15, -0.1) is 0 Å². The number of hydrogen-bond donors (Lipinski definition) is 0. The van der Waals surface area contributed by atoms with Gasteiger partial charge in [-0.05, 0) is 37.5 Å². The number of hydrogen-bond acceptors (Lipinski definition) is 1. The van der Waals surface area contributed by atoms with Gasteiger partial charge in [0.1, 0.15) is 0 Å². The zero-order chi connectivity index (χ0) is 13.0. The summed E-state index contributed by atoms with van der Waals surface area (Å²) < 4.78 is 0. The predicted octanol–water partition coefficient (Wildman–Crippen LogP) is 5.33. The van der Waals surface area contributed by atoms with Gasteiger partial charge in [-0.3, -0.25) is 4.99 Å². The van der Waals surface area contributed by atoms with Crippen LogP contribution in [0, 0.1) is 6.92 Å². The lowest BCUT2D eigenvalue weighted by molar-refractivity contribution is 1.13. The minimum absolute atomic E-state index is 1.08. The first-order chi connectivity index (χ1) is 7.77. The molecule has 1 rings (SSSR count). The van der Waals surface area contributed by atoms with E-state index in [4.69, 9.17) is 0 Å². The van der Waals surface area contributed by atoms with Crippen molar-refractivity contribution in [3.63, 3.8) is 0 Å². The molecular weight excluding hydrogens is 194 g/mol. The van der Waals surface area contributed by atoms with Crippen LogP contribution in [0.1, 0.15) is 52.7 Å². The molecule has 0 saturated carbocycles. The lowest BCUT2D eigenvalue weighted by Crippen LogP contribution is -1.81. The van der Waals surface area contributed by atoms with Gasteiger partial charge in [-0.25, -0.2) is 0 Å². The van der Waals surface area contributed by atoms with E-state index >= 15 is 0 Å². The molecule has 0 aromatic heterocycles. The fraction of sp³-hybridized carbons (Fsp3) is 0.533. The zero-order valence-corrected chi connectivity index (χ0v) is 12.0. The molecule has 0 aliphatic heterocycles. The van der Waals surface area contributed by atoms with Gasteiger partial charge in [0.2, 0.25) is 0 Å². The second-order valence-corrected chi connectivity index (χ2v) is 2.86. The van der Waals surface area contributed by atoms with Crippen molar-refractivity contribution in [1.29, 1.82) is 0 Å². The van der Waals surface area contributed by atoms with E-state index in [9.17, 15) is 0 Å². The SMILES string of the molecule is CC.CC.CC=Nc1cc(CC)ccc1C. The Balaban J connectivity index is 0. The van der Waals surface area contributed by atoms with Gasteiger partial charge >= 0.3 is 0 Å². The van der Waals surface area contributed by atoms with Gasteiger partial charge in [0.05, 0.1) is 5.69 Å². The second kappa shape index (κ2) is 12.0. The van der Waals surface area contributed by atoms with Crippen molar-refractivity contribution in [2.45, 2.75) is 54.9 Å². The summed E-state index contributed by atoms with van der Waals surface area (Å²) in [4.78, 5) is 4.29. The van der Waals surface area contributed by atoms with E-state index in [2.05, 4.69) is 37.0 Å². The van der Waals surface area contributed by atoms with Gasteiger partial charge in [0.25, 0.3) is 0 Å². The summed E-state index contributed by atoms with van der Waals surface area (Å²) in [5.41, 5.74) is 3.68. The summed E-state index contributed by atoms with van der Waals surface area (Å²) in [5, 5.41) is 0. The average Bonchev–Trinajstić information content (AvgIpc) is 2.37. The Bertz CT molecular complexity index is 287. The van der Waals surface area contributed by atoms with Crippen molar-refractivity contribution in [2.75, 3.05) is 0 Å². The summed E-state index contributed by atoms with van der Waals surface area (Å²) in [6.45, 7) is 14.2. The molecule has 1 nitrogen and oxygen atoms in total. The predicted molar refractivity (Wildman–Crippen MR) is 77.1 cm³/mol. The third-order valence-electron chi connectivity index (χ3n) is 1.95. The molecule has 0 spiro atoms. The van der Waals surface area contributed by atoms with Gasteiger partial charge < -0.3 is 0 Å². The second-order valence-electron chi connectivity index (χ2n) is 2.86. The van der Waals surface area contributed by atoms with Crippen molar-refractivity contribution in [3.8, 4) is 0 Å². The van der Waals surface area contributed by atoms with Crippen molar-refractivity contribution < 1.29 is 0 Å². The van der Waals surface area contributed by atoms with Crippen LogP contribution in [0.15, 0.2) is 23.2 Å². The summed E-state index contributed by atoms with van der Waals surface area (Å²) >= 11 is 0. The molecule has 0 bridgehead atoms. The quantitative estimate of drug-likeness (QED) is 0.598. The minimum atomic E-state index is 1.08. The fourth-order valence-corrected chi connectivity index (χ4v) is 1.15. The van der Waals surface area contributed by atoms with Gasteiger partial charge in [0.15, 0.2) is 0 Å². The van der Waals surface area contributed by atoms with E-state index in [1.165, 1.54) is 11.1 Å². The summed E-state index contributed by atoms with van der Waals surface area (Å²) in [6, 6.07) is 6.43. The number of aryl methyl sites for hydroxylation is 2. The molecule has 0 fully saturated rings.